The van der Waals surface area contributed by atoms with Gasteiger partial charge in [0.2, 0.25) is 0 Å². The second-order valence-electron chi connectivity index (χ2n) is 2.63. The average molecular weight is 139 g/mol. The standard InChI is InChI=1S/C7H13N3/c1-3-7(2)4-10-6-8-5-9-10/h5-7H,3-4H2,1-2H3. The zero-order valence-electron chi connectivity index (χ0n) is 6.49. The van der Waals surface area contributed by atoms with Crippen LogP contribution in [0.5, 0.6) is 0 Å². The van der Waals surface area contributed by atoms with Crippen LogP contribution in [0.4, 0.5) is 0 Å². The second-order valence-corrected chi connectivity index (χ2v) is 2.63. The quantitative estimate of drug-likeness (QED) is 0.632. The molecule has 0 spiro atoms. The van der Waals surface area contributed by atoms with Gasteiger partial charge in [0, 0.05) is 6.54 Å². The summed E-state index contributed by atoms with van der Waals surface area (Å²) in [7, 11) is 0. The first-order valence-corrected chi connectivity index (χ1v) is 3.65. The van der Waals surface area contributed by atoms with Gasteiger partial charge in [0.1, 0.15) is 12.7 Å². The van der Waals surface area contributed by atoms with Crippen LogP contribution in [0, 0.1) is 5.92 Å². The fourth-order valence-electron chi connectivity index (χ4n) is 0.775. The van der Waals surface area contributed by atoms with Crippen molar-refractivity contribution in [3.05, 3.63) is 12.7 Å². The van der Waals surface area contributed by atoms with Gasteiger partial charge in [0.25, 0.3) is 0 Å². The molecule has 0 fully saturated rings. The van der Waals surface area contributed by atoms with Crippen LogP contribution in [0.15, 0.2) is 12.7 Å². The molecule has 3 nitrogen and oxygen atoms in total. The Balaban J connectivity index is 2.40. The Kier molecular flexibility index (Phi) is 2.42. The summed E-state index contributed by atoms with van der Waals surface area (Å²) in [6, 6.07) is 0. The van der Waals surface area contributed by atoms with Crippen molar-refractivity contribution < 1.29 is 0 Å². The van der Waals surface area contributed by atoms with Gasteiger partial charge in [-0.05, 0) is 5.92 Å². The van der Waals surface area contributed by atoms with E-state index in [0.717, 1.165) is 6.54 Å². The van der Waals surface area contributed by atoms with Crippen molar-refractivity contribution in [2.45, 2.75) is 26.8 Å². The Bertz CT molecular complexity index is 169. The minimum Gasteiger partial charge on any atom is -0.253 e. The highest BCUT2D eigenvalue weighted by Crippen LogP contribution is 2.02. The van der Waals surface area contributed by atoms with Gasteiger partial charge in [-0.1, -0.05) is 20.3 Å². The number of hydrogen-bond acceptors (Lipinski definition) is 2. The van der Waals surface area contributed by atoms with Crippen LogP contribution in [0.1, 0.15) is 20.3 Å². The first-order valence-electron chi connectivity index (χ1n) is 3.65. The molecule has 1 unspecified atom stereocenters. The summed E-state index contributed by atoms with van der Waals surface area (Å²) in [5.41, 5.74) is 0. The summed E-state index contributed by atoms with van der Waals surface area (Å²) in [6.07, 6.45) is 4.52. The van der Waals surface area contributed by atoms with Gasteiger partial charge in [0.15, 0.2) is 0 Å². The lowest BCUT2D eigenvalue weighted by Gasteiger charge is -2.06. The molecule has 0 saturated heterocycles. The van der Waals surface area contributed by atoms with Crippen molar-refractivity contribution in [2.75, 3.05) is 0 Å². The monoisotopic (exact) mass is 139 g/mol. The van der Waals surface area contributed by atoms with Crippen LogP contribution in [0.2, 0.25) is 0 Å². The van der Waals surface area contributed by atoms with Crippen molar-refractivity contribution in [2.24, 2.45) is 5.92 Å². The maximum Gasteiger partial charge on any atom is 0.137 e. The van der Waals surface area contributed by atoms with Crippen LogP contribution in [-0.2, 0) is 6.54 Å². The Labute approximate surface area is 61.1 Å². The number of nitrogens with zero attached hydrogens (tertiary/aromatic N) is 3. The minimum absolute atomic E-state index is 0.696. The molecule has 0 saturated carbocycles. The van der Waals surface area contributed by atoms with E-state index in [1.165, 1.54) is 6.42 Å². The van der Waals surface area contributed by atoms with E-state index in [2.05, 4.69) is 23.9 Å². The van der Waals surface area contributed by atoms with Crippen LogP contribution in [-0.4, -0.2) is 14.8 Å². The summed E-state index contributed by atoms with van der Waals surface area (Å²) >= 11 is 0. The van der Waals surface area contributed by atoms with E-state index in [4.69, 9.17) is 0 Å². The molecule has 0 amide bonds. The Morgan fingerprint density at radius 1 is 1.60 bits per heavy atom. The molecule has 0 aliphatic heterocycles. The number of rotatable bonds is 3. The second kappa shape index (κ2) is 3.34. The van der Waals surface area contributed by atoms with Crippen molar-refractivity contribution in [3.63, 3.8) is 0 Å². The molecule has 0 bridgehead atoms. The highest BCUT2D eigenvalue weighted by molar-refractivity contribution is 4.58. The zero-order chi connectivity index (χ0) is 7.40. The molecule has 0 radical (unpaired) electrons. The molecule has 0 aliphatic carbocycles. The molecule has 10 heavy (non-hydrogen) atoms. The third-order valence-electron chi connectivity index (χ3n) is 1.66. The maximum absolute atomic E-state index is 4.01. The topological polar surface area (TPSA) is 30.7 Å². The lowest BCUT2D eigenvalue weighted by molar-refractivity contribution is 0.438. The summed E-state index contributed by atoms with van der Waals surface area (Å²) in [6.45, 7) is 5.37. The SMILES string of the molecule is CCC(C)Cn1cncn1. The molecule has 1 rings (SSSR count). The molecule has 1 aromatic rings. The molecular formula is C7H13N3. The first kappa shape index (κ1) is 7.25. The van der Waals surface area contributed by atoms with E-state index in [1.54, 1.807) is 12.7 Å². The number of hydrogen-bond donors (Lipinski definition) is 0. The highest BCUT2D eigenvalue weighted by atomic mass is 15.3. The summed E-state index contributed by atoms with van der Waals surface area (Å²) < 4.78 is 1.87. The predicted octanol–water partition coefficient (Wildman–Crippen LogP) is 1.32. The van der Waals surface area contributed by atoms with Crippen molar-refractivity contribution >= 4 is 0 Å². The maximum atomic E-state index is 4.01. The zero-order valence-corrected chi connectivity index (χ0v) is 6.49. The van der Waals surface area contributed by atoms with Crippen LogP contribution < -0.4 is 0 Å². The summed E-state index contributed by atoms with van der Waals surface area (Å²) in [5, 5.41) is 4.01. The van der Waals surface area contributed by atoms with Crippen molar-refractivity contribution in [1.29, 1.82) is 0 Å². The van der Waals surface area contributed by atoms with Gasteiger partial charge >= 0.3 is 0 Å². The van der Waals surface area contributed by atoms with Crippen LogP contribution in [0.3, 0.4) is 0 Å². The van der Waals surface area contributed by atoms with Crippen LogP contribution >= 0.6 is 0 Å². The van der Waals surface area contributed by atoms with Gasteiger partial charge < -0.3 is 0 Å². The molecule has 1 aromatic heterocycles. The molecule has 1 heterocycles. The van der Waals surface area contributed by atoms with E-state index in [0.29, 0.717) is 5.92 Å². The predicted molar refractivity (Wildman–Crippen MR) is 39.5 cm³/mol. The largest absolute Gasteiger partial charge is 0.253 e. The molecule has 0 aromatic carbocycles. The first-order chi connectivity index (χ1) is 4.83. The fraction of sp³-hybridized carbons (Fsp3) is 0.714. The van der Waals surface area contributed by atoms with Gasteiger partial charge in [-0.25, -0.2) is 4.98 Å². The van der Waals surface area contributed by atoms with Gasteiger partial charge in [-0.2, -0.15) is 5.10 Å². The Hall–Kier alpha value is -0.860. The van der Waals surface area contributed by atoms with E-state index in [1.807, 2.05) is 4.68 Å². The third-order valence-corrected chi connectivity index (χ3v) is 1.66. The van der Waals surface area contributed by atoms with Crippen molar-refractivity contribution in [3.8, 4) is 0 Å². The van der Waals surface area contributed by atoms with Crippen LogP contribution in [0.25, 0.3) is 0 Å². The average Bonchev–Trinajstić information content (AvgIpc) is 2.40. The van der Waals surface area contributed by atoms with E-state index in [9.17, 15) is 0 Å². The van der Waals surface area contributed by atoms with Gasteiger partial charge in [-0.15, -0.1) is 0 Å². The summed E-state index contributed by atoms with van der Waals surface area (Å²) in [4.78, 5) is 3.86. The normalized spacial score (nSPS) is 13.4. The van der Waals surface area contributed by atoms with Gasteiger partial charge in [0.05, 0.1) is 0 Å². The van der Waals surface area contributed by atoms with Gasteiger partial charge in [-0.3, -0.25) is 4.68 Å². The molecule has 1 atom stereocenters. The smallest absolute Gasteiger partial charge is 0.137 e. The highest BCUT2D eigenvalue weighted by Gasteiger charge is 1.98. The van der Waals surface area contributed by atoms with E-state index >= 15 is 0 Å². The molecule has 0 N–H and O–H groups in total. The minimum atomic E-state index is 0.696. The van der Waals surface area contributed by atoms with Crippen molar-refractivity contribution in [1.82, 2.24) is 14.8 Å². The molecule has 0 aliphatic rings. The molecule has 56 valence electrons. The van der Waals surface area contributed by atoms with E-state index in [-0.39, 0.29) is 0 Å². The molecule has 3 heteroatoms. The fourth-order valence-corrected chi connectivity index (χ4v) is 0.775. The third kappa shape index (κ3) is 1.83. The Morgan fingerprint density at radius 3 is 2.90 bits per heavy atom. The lowest BCUT2D eigenvalue weighted by atomic mass is 10.1. The molecular weight excluding hydrogens is 126 g/mol. The summed E-state index contributed by atoms with van der Waals surface area (Å²) in [5.74, 6) is 0.696. The lowest BCUT2D eigenvalue weighted by Crippen LogP contribution is -2.06. The Morgan fingerprint density at radius 2 is 2.40 bits per heavy atom. The van der Waals surface area contributed by atoms with E-state index < -0.39 is 0 Å². The number of aromatic nitrogens is 3.